The van der Waals surface area contributed by atoms with E-state index in [0.717, 1.165) is 25.9 Å². The molecular weight excluding hydrogens is 273 g/mol. The predicted molar refractivity (Wildman–Crippen MR) is 89.2 cm³/mol. The highest BCUT2D eigenvalue weighted by atomic mass is 19.1. The predicted octanol–water partition coefficient (Wildman–Crippen LogP) is 4.86. The van der Waals surface area contributed by atoms with E-state index in [2.05, 4.69) is 43.9 Å². The summed E-state index contributed by atoms with van der Waals surface area (Å²) in [5, 5.41) is 0. The Hall–Kier alpha value is -1.67. The second kappa shape index (κ2) is 5.85. The molecule has 0 radical (unpaired) electrons. The van der Waals surface area contributed by atoms with Crippen LogP contribution in [-0.2, 0) is 19.5 Å². The number of fused-ring (bicyclic) bond motifs is 1. The summed E-state index contributed by atoms with van der Waals surface area (Å²) < 4.78 is 13.0. The van der Waals surface area contributed by atoms with Gasteiger partial charge in [0.05, 0.1) is 0 Å². The molecule has 1 aliphatic heterocycles. The lowest BCUT2D eigenvalue weighted by atomic mass is 9.93. The Kier molecular flexibility index (Phi) is 4.05. The zero-order chi connectivity index (χ0) is 15.7. The van der Waals surface area contributed by atoms with Gasteiger partial charge < -0.3 is 0 Å². The average molecular weight is 297 g/mol. The molecule has 1 heterocycles. The van der Waals surface area contributed by atoms with Crippen LogP contribution in [0.1, 0.15) is 42.5 Å². The van der Waals surface area contributed by atoms with Crippen molar-refractivity contribution in [3.8, 4) is 0 Å². The lowest BCUT2D eigenvalue weighted by Crippen LogP contribution is -2.40. The van der Waals surface area contributed by atoms with Crippen molar-refractivity contribution in [2.75, 3.05) is 0 Å². The Balaban J connectivity index is 1.65. The minimum Gasteiger partial charge on any atom is -0.290 e. The normalized spacial score (nSPS) is 15.1. The third-order valence-electron chi connectivity index (χ3n) is 4.88. The zero-order valence-electron chi connectivity index (χ0n) is 13.7. The lowest BCUT2D eigenvalue weighted by molar-refractivity contribution is 0.109. The van der Waals surface area contributed by atoms with E-state index in [4.69, 9.17) is 0 Å². The molecule has 0 bridgehead atoms. The highest BCUT2D eigenvalue weighted by Gasteiger charge is 2.31. The Morgan fingerprint density at radius 2 is 1.68 bits per heavy atom. The summed E-state index contributed by atoms with van der Waals surface area (Å²) >= 11 is 0. The fourth-order valence-corrected chi connectivity index (χ4v) is 3.21. The molecule has 0 amide bonds. The van der Waals surface area contributed by atoms with Gasteiger partial charge in [-0.15, -0.1) is 0 Å². The quantitative estimate of drug-likeness (QED) is 0.779. The highest BCUT2D eigenvalue weighted by Crippen LogP contribution is 2.32. The van der Waals surface area contributed by atoms with Gasteiger partial charge >= 0.3 is 0 Å². The summed E-state index contributed by atoms with van der Waals surface area (Å²) in [5.74, 6) is -0.159. The van der Waals surface area contributed by atoms with E-state index in [0.29, 0.717) is 0 Å². The van der Waals surface area contributed by atoms with Crippen molar-refractivity contribution >= 4 is 0 Å². The molecule has 1 aliphatic rings. The van der Waals surface area contributed by atoms with Gasteiger partial charge in [-0.3, -0.25) is 4.90 Å². The van der Waals surface area contributed by atoms with Crippen molar-refractivity contribution in [2.45, 2.75) is 52.2 Å². The monoisotopic (exact) mass is 297 g/mol. The van der Waals surface area contributed by atoms with Crippen LogP contribution in [0.25, 0.3) is 0 Å². The molecule has 116 valence electrons. The second-order valence-corrected chi connectivity index (χ2v) is 7.07. The first-order valence-corrected chi connectivity index (χ1v) is 8.02. The van der Waals surface area contributed by atoms with Gasteiger partial charge in [-0.25, -0.2) is 4.39 Å². The van der Waals surface area contributed by atoms with E-state index < -0.39 is 0 Å². The average Bonchev–Trinajstić information content (AvgIpc) is 2.90. The molecule has 0 saturated heterocycles. The first-order valence-electron chi connectivity index (χ1n) is 8.02. The first-order chi connectivity index (χ1) is 10.4. The number of halogens is 1. The van der Waals surface area contributed by atoms with Crippen LogP contribution < -0.4 is 0 Å². The van der Waals surface area contributed by atoms with Crippen molar-refractivity contribution in [1.82, 2.24) is 4.90 Å². The van der Waals surface area contributed by atoms with Gasteiger partial charge in [0, 0.05) is 18.6 Å². The highest BCUT2D eigenvalue weighted by molar-refractivity contribution is 5.34. The molecule has 0 unspecified atom stereocenters. The number of benzene rings is 2. The summed E-state index contributed by atoms with van der Waals surface area (Å²) in [4.78, 5) is 2.56. The zero-order valence-corrected chi connectivity index (χ0v) is 13.7. The molecule has 0 atom stereocenters. The van der Waals surface area contributed by atoms with Crippen molar-refractivity contribution < 1.29 is 4.39 Å². The minimum atomic E-state index is -0.159. The Labute approximate surface area is 132 Å². The van der Waals surface area contributed by atoms with E-state index in [1.807, 2.05) is 12.1 Å². The number of hydrogen-bond donors (Lipinski definition) is 0. The van der Waals surface area contributed by atoms with Crippen LogP contribution in [-0.4, -0.2) is 10.4 Å². The van der Waals surface area contributed by atoms with Crippen LogP contribution >= 0.6 is 0 Å². The van der Waals surface area contributed by atoms with Crippen LogP contribution in [0.3, 0.4) is 0 Å². The summed E-state index contributed by atoms with van der Waals surface area (Å²) in [7, 11) is 0. The molecule has 2 aromatic rings. The van der Waals surface area contributed by atoms with Crippen LogP contribution in [0.2, 0.25) is 0 Å². The lowest BCUT2D eigenvalue weighted by Gasteiger charge is -2.35. The van der Waals surface area contributed by atoms with Gasteiger partial charge in [0.1, 0.15) is 5.82 Å². The smallest absolute Gasteiger partial charge is 0.123 e. The maximum absolute atomic E-state index is 13.0. The van der Waals surface area contributed by atoms with Crippen LogP contribution in [0.5, 0.6) is 0 Å². The fourth-order valence-electron chi connectivity index (χ4n) is 3.21. The largest absolute Gasteiger partial charge is 0.290 e. The molecular formula is C20H24FN. The Morgan fingerprint density at radius 3 is 2.41 bits per heavy atom. The van der Waals surface area contributed by atoms with Crippen molar-refractivity contribution in [3.63, 3.8) is 0 Å². The van der Waals surface area contributed by atoms with Gasteiger partial charge in [-0.1, -0.05) is 35.9 Å². The summed E-state index contributed by atoms with van der Waals surface area (Å²) in [6.07, 6.45) is 2.06. The first kappa shape index (κ1) is 15.2. The van der Waals surface area contributed by atoms with Gasteiger partial charge in [-0.05, 0) is 62.4 Å². The van der Waals surface area contributed by atoms with Crippen molar-refractivity contribution in [2.24, 2.45) is 0 Å². The number of aryl methyl sites for hydroxylation is 2. The standard InChI is InChI=1S/C20H24FN/c1-15-4-7-17-13-22(14-18(17)12-15)20(2,3)11-10-16-5-8-19(21)9-6-16/h4-9,12H,10-11,13-14H2,1-3H3. The third-order valence-corrected chi connectivity index (χ3v) is 4.88. The molecule has 2 heteroatoms. The maximum atomic E-state index is 13.0. The second-order valence-electron chi connectivity index (χ2n) is 7.07. The minimum absolute atomic E-state index is 0.140. The summed E-state index contributed by atoms with van der Waals surface area (Å²) in [6.45, 7) is 8.85. The van der Waals surface area contributed by atoms with Crippen LogP contribution in [0.4, 0.5) is 4.39 Å². The van der Waals surface area contributed by atoms with E-state index in [1.165, 1.54) is 22.3 Å². The molecule has 0 spiro atoms. The van der Waals surface area contributed by atoms with E-state index >= 15 is 0 Å². The maximum Gasteiger partial charge on any atom is 0.123 e. The van der Waals surface area contributed by atoms with Gasteiger partial charge in [0.25, 0.3) is 0 Å². The molecule has 1 nitrogen and oxygen atoms in total. The van der Waals surface area contributed by atoms with Crippen molar-refractivity contribution in [1.29, 1.82) is 0 Å². The van der Waals surface area contributed by atoms with Crippen LogP contribution in [0.15, 0.2) is 42.5 Å². The van der Waals surface area contributed by atoms with Gasteiger partial charge in [-0.2, -0.15) is 0 Å². The number of hydrogen-bond acceptors (Lipinski definition) is 1. The van der Waals surface area contributed by atoms with Crippen LogP contribution in [0, 0.1) is 12.7 Å². The Bertz CT molecular complexity index is 658. The summed E-state index contributed by atoms with van der Waals surface area (Å²) in [5.41, 5.74) is 5.61. The van der Waals surface area contributed by atoms with Gasteiger partial charge in [0.15, 0.2) is 0 Å². The molecule has 0 fully saturated rings. The molecule has 0 aliphatic carbocycles. The summed E-state index contributed by atoms with van der Waals surface area (Å²) in [6, 6.07) is 13.7. The third kappa shape index (κ3) is 3.22. The Morgan fingerprint density at radius 1 is 1.00 bits per heavy atom. The molecule has 2 aromatic carbocycles. The van der Waals surface area contributed by atoms with E-state index in [-0.39, 0.29) is 11.4 Å². The molecule has 3 rings (SSSR count). The number of rotatable bonds is 4. The topological polar surface area (TPSA) is 3.24 Å². The van der Waals surface area contributed by atoms with Crippen molar-refractivity contribution in [3.05, 3.63) is 70.5 Å². The molecule has 0 aromatic heterocycles. The van der Waals surface area contributed by atoms with E-state index in [9.17, 15) is 4.39 Å². The molecule has 22 heavy (non-hydrogen) atoms. The van der Waals surface area contributed by atoms with E-state index in [1.54, 1.807) is 12.1 Å². The SMILES string of the molecule is Cc1ccc2c(c1)CN(C(C)(C)CCc1ccc(F)cc1)C2. The molecule has 0 saturated carbocycles. The number of nitrogens with zero attached hydrogens (tertiary/aromatic N) is 1. The van der Waals surface area contributed by atoms with Gasteiger partial charge in [0.2, 0.25) is 0 Å². The molecule has 0 N–H and O–H groups in total. The fraction of sp³-hybridized carbons (Fsp3) is 0.400.